The first-order valence-corrected chi connectivity index (χ1v) is 5.08. The molecule has 0 aliphatic carbocycles. The van der Waals surface area contributed by atoms with Gasteiger partial charge in [0, 0.05) is 7.05 Å². The minimum atomic E-state index is -0.283. The Hall–Kier alpha value is -1.91. The number of para-hydroxylation sites is 2. The van der Waals surface area contributed by atoms with Crippen LogP contribution in [0.3, 0.4) is 0 Å². The number of hydrogen-bond acceptors (Lipinski definition) is 3. The number of ether oxygens (including phenoxy) is 2. The van der Waals surface area contributed by atoms with E-state index in [1.54, 1.807) is 13.1 Å². The van der Waals surface area contributed by atoms with Gasteiger partial charge in [-0.25, -0.2) is 4.79 Å². The summed E-state index contributed by atoms with van der Waals surface area (Å²) in [5, 5.41) is 4.95. The second kappa shape index (κ2) is 6.55. The number of nitrogens with one attached hydrogen (secondary N) is 2. The van der Waals surface area contributed by atoms with E-state index in [0.29, 0.717) is 18.1 Å². The molecule has 0 aliphatic rings. The van der Waals surface area contributed by atoms with Crippen LogP contribution in [0.1, 0.15) is 6.92 Å². The van der Waals surface area contributed by atoms with Crippen LogP contribution in [0.5, 0.6) is 11.5 Å². The summed E-state index contributed by atoms with van der Waals surface area (Å²) in [5.74, 6) is 1.28. The van der Waals surface area contributed by atoms with E-state index in [0.717, 1.165) is 0 Å². The lowest BCUT2D eigenvalue weighted by Gasteiger charge is -2.11. The van der Waals surface area contributed by atoms with Crippen molar-refractivity contribution in [3.05, 3.63) is 24.3 Å². The Morgan fingerprint density at radius 1 is 1.25 bits per heavy atom. The van der Waals surface area contributed by atoms with Gasteiger partial charge in [-0.1, -0.05) is 12.1 Å². The van der Waals surface area contributed by atoms with E-state index in [1.165, 1.54) is 0 Å². The number of benzene rings is 1. The highest BCUT2D eigenvalue weighted by atomic mass is 16.5. The van der Waals surface area contributed by atoms with Crippen LogP contribution < -0.4 is 20.1 Å². The number of hydrogen-bond donors (Lipinski definition) is 2. The van der Waals surface area contributed by atoms with Crippen molar-refractivity contribution < 1.29 is 14.3 Å². The summed E-state index contributed by atoms with van der Waals surface area (Å²) in [4.78, 5) is 10.9. The molecule has 0 radical (unpaired) electrons. The Kier molecular flexibility index (Phi) is 4.98. The van der Waals surface area contributed by atoms with Crippen LogP contribution in [0.25, 0.3) is 0 Å². The molecule has 0 saturated heterocycles. The second-order valence-corrected chi connectivity index (χ2v) is 2.92. The van der Waals surface area contributed by atoms with Gasteiger partial charge in [0.1, 0.15) is 0 Å². The van der Waals surface area contributed by atoms with Gasteiger partial charge in [-0.15, -0.1) is 0 Å². The number of amides is 2. The molecule has 1 rings (SSSR count). The lowest BCUT2D eigenvalue weighted by molar-refractivity contribution is 0.221. The third-order valence-corrected chi connectivity index (χ3v) is 1.84. The third kappa shape index (κ3) is 3.68. The molecule has 1 aromatic rings. The molecule has 0 aliphatic heterocycles. The zero-order chi connectivity index (χ0) is 11.8. The zero-order valence-electron chi connectivity index (χ0n) is 9.45. The first-order chi connectivity index (χ1) is 7.77. The quantitative estimate of drug-likeness (QED) is 0.742. The zero-order valence-corrected chi connectivity index (χ0v) is 9.45. The largest absolute Gasteiger partial charge is 0.490 e. The summed E-state index contributed by atoms with van der Waals surface area (Å²) in [7, 11) is 1.55. The number of carbonyl (C=O) groups is 1. The van der Waals surface area contributed by atoms with Crippen LogP contribution in [0, 0.1) is 0 Å². The molecule has 0 unspecified atom stereocenters. The molecule has 0 atom stereocenters. The van der Waals surface area contributed by atoms with Crippen molar-refractivity contribution in [3.63, 3.8) is 0 Å². The number of rotatable bonds is 5. The van der Waals surface area contributed by atoms with E-state index in [2.05, 4.69) is 10.6 Å². The molecule has 2 amide bonds. The van der Waals surface area contributed by atoms with Crippen LogP contribution in [-0.4, -0.2) is 26.4 Å². The molecule has 0 heterocycles. The van der Waals surface area contributed by atoms with Gasteiger partial charge in [0.2, 0.25) is 0 Å². The molecule has 0 spiro atoms. The molecule has 1 aromatic carbocycles. The van der Waals surface area contributed by atoms with Gasteiger partial charge in [0.15, 0.2) is 18.2 Å². The summed E-state index contributed by atoms with van der Waals surface area (Å²) in [5.41, 5.74) is 0. The molecule has 0 fully saturated rings. The predicted octanol–water partition coefficient (Wildman–Crippen LogP) is 1.35. The first kappa shape index (κ1) is 12.2. The van der Waals surface area contributed by atoms with Crippen molar-refractivity contribution in [2.45, 2.75) is 6.92 Å². The van der Waals surface area contributed by atoms with Gasteiger partial charge >= 0.3 is 6.03 Å². The summed E-state index contributed by atoms with van der Waals surface area (Å²) in [6.45, 7) is 2.58. The van der Waals surface area contributed by atoms with Gasteiger partial charge in [-0.3, -0.25) is 0 Å². The highest BCUT2D eigenvalue weighted by Crippen LogP contribution is 2.25. The Balaban J connectivity index is 2.49. The van der Waals surface area contributed by atoms with E-state index in [1.807, 2.05) is 25.1 Å². The van der Waals surface area contributed by atoms with Gasteiger partial charge in [-0.2, -0.15) is 0 Å². The van der Waals surface area contributed by atoms with Crippen molar-refractivity contribution in [3.8, 4) is 11.5 Å². The molecule has 88 valence electrons. The topological polar surface area (TPSA) is 59.6 Å². The summed E-state index contributed by atoms with van der Waals surface area (Å²) in [6, 6.07) is 7.03. The highest BCUT2D eigenvalue weighted by molar-refractivity contribution is 5.73. The van der Waals surface area contributed by atoms with Crippen LogP contribution in [0.2, 0.25) is 0 Å². The SMILES string of the molecule is CCOc1ccccc1OCNC(=O)NC. The number of carbonyl (C=O) groups excluding carboxylic acids is 1. The number of urea groups is 1. The van der Waals surface area contributed by atoms with Crippen molar-refractivity contribution in [1.82, 2.24) is 10.6 Å². The van der Waals surface area contributed by atoms with E-state index in [9.17, 15) is 4.79 Å². The monoisotopic (exact) mass is 224 g/mol. The average Bonchev–Trinajstić information content (AvgIpc) is 2.31. The molecule has 0 bridgehead atoms. The minimum absolute atomic E-state index is 0.101. The minimum Gasteiger partial charge on any atom is -0.490 e. The Morgan fingerprint density at radius 3 is 2.44 bits per heavy atom. The molecule has 5 nitrogen and oxygen atoms in total. The molecule has 5 heteroatoms. The van der Waals surface area contributed by atoms with Crippen LogP contribution >= 0.6 is 0 Å². The normalized spacial score (nSPS) is 9.38. The van der Waals surface area contributed by atoms with E-state index in [4.69, 9.17) is 9.47 Å². The van der Waals surface area contributed by atoms with Crippen LogP contribution in [0.4, 0.5) is 4.79 Å². The molecule has 0 saturated carbocycles. The van der Waals surface area contributed by atoms with Crippen LogP contribution in [0.15, 0.2) is 24.3 Å². The standard InChI is InChI=1S/C11H16N2O3/c1-3-15-9-6-4-5-7-10(9)16-8-13-11(14)12-2/h4-7H,3,8H2,1-2H3,(H2,12,13,14). The molecule has 16 heavy (non-hydrogen) atoms. The lowest BCUT2D eigenvalue weighted by atomic mass is 10.3. The van der Waals surface area contributed by atoms with Gasteiger partial charge in [0.05, 0.1) is 6.61 Å². The first-order valence-electron chi connectivity index (χ1n) is 5.08. The van der Waals surface area contributed by atoms with E-state index >= 15 is 0 Å². The Labute approximate surface area is 94.7 Å². The average molecular weight is 224 g/mol. The maximum atomic E-state index is 10.9. The van der Waals surface area contributed by atoms with E-state index < -0.39 is 0 Å². The summed E-state index contributed by atoms with van der Waals surface area (Å²) < 4.78 is 10.7. The summed E-state index contributed by atoms with van der Waals surface area (Å²) >= 11 is 0. The second-order valence-electron chi connectivity index (χ2n) is 2.92. The lowest BCUT2D eigenvalue weighted by Crippen LogP contribution is -2.35. The fraction of sp³-hybridized carbons (Fsp3) is 0.364. The Morgan fingerprint density at radius 2 is 1.88 bits per heavy atom. The molecular formula is C11H16N2O3. The fourth-order valence-corrected chi connectivity index (χ4v) is 1.11. The molecule has 0 aromatic heterocycles. The van der Waals surface area contributed by atoms with Gasteiger partial charge in [-0.05, 0) is 19.1 Å². The van der Waals surface area contributed by atoms with Crippen molar-refractivity contribution in [2.24, 2.45) is 0 Å². The molecule has 2 N–H and O–H groups in total. The summed E-state index contributed by atoms with van der Waals surface area (Å²) in [6.07, 6.45) is 0. The van der Waals surface area contributed by atoms with Crippen LogP contribution in [-0.2, 0) is 0 Å². The maximum absolute atomic E-state index is 10.9. The van der Waals surface area contributed by atoms with E-state index in [-0.39, 0.29) is 12.8 Å². The Bertz CT molecular complexity index is 342. The predicted molar refractivity (Wildman–Crippen MR) is 60.7 cm³/mol. The fourth-order valence-electron chi connectivity index (χ4n) is 1.11. The molecular weight excluding hydrogens is 208 g/mol. The smallest absolute Gasteiger partial charge is 0.317 e. The maximum Gasteiger partial charge on any atom is 0.317 e. The van der Waals surface area contributed by atoms with Gasteiger partial charge in [0.25, 0.3) is 0 Å². The third-order valence-electron chi connectivity index (χ3n) is 1.84. The highest BCUT2D eigenvalue weighted by Gasteiger charge is 2.03. The van der Waals surface area contributed by atoms with Crippen molar-refractivity contribution in [1.29, 1.82) is 0 Å². The van der Waals surface area contributed by atoms with Crippen molar-refractivity contribution >= 4 is 6.03 Å². The van der Waals surface area contributed by atoms with Crippen molar-refractivity contribution in [2.75, 3.05) is 20.4 Å². The van der Waals surface area contributed by atoms with Gasteiger partial charge < -0.3 is 20.1 Å².